The van der Waals surface area contributed by atoms with Gasteiger partial charge in [0.2, 0.25) is 0 Å². The van der Waals surface area contributed by atoms with Crippen LogP contribution in [0.15, 0.2) is 0 Å². The molecule has 1 heterocycles. The van der Waals surface area contributed by atoms with Crippen molar-refractivity contribution in [3.8, 4) is 0 Å². The molecular formula is C16H33NO2. The normalized spacial score (nSPS) is 22.9. The summed E-state index contributed by atoms with van der Waals surface area (Å²) in [6, 6.07) is 0.599. The average Bonchev–Trinajstić information content (AvgIpc) is 2.42. The first-order valence-corrected chi connectivity index (χ1v) is 8.07. The SMILES string of the molecule is CCC1(CC)CC(NCCOCCC(C)C)CCO1. The molecule has 1 fully saturated rings. The Labute approximate surface area is 119 Å². The minimum atomic E-state index is 0.119. The lowest BCUT2D eigenvalue weighted by molar-refractivity contribution is -0.0934. The summed E-state index contributed by atoms with van der Waals surface area (Å²) in [6.07, 6.45) is 5.67. The van der Waals surface area contributed by atoms with Crippen molar-refractivity contribution in [3.05, 3.63) is 0 Å². The third-order valence-electron chi connectivity index (χ3n) is 4.30. The van der Waals surface area contributed by atoms with Gasteiger partial charge in [-0.2, -0.15) is 0 Å². The van der Waals surface area contributed by atoms with Gasteiger partial charge in [0.15, 0.2) is 0 Å². The topological polar surface area (TPSA) is 30.5 Å². The van der Waals surface area contributed by atoms with E-state index in [4.69, 9.17) is 9.47 Å². The molecule has 0 aromatic heterocycles. The van der Waals surface area contributed by atoms with E-state index in [1.165, 1.54) is 0 Å². The van der Waals surface area contributed by atoms with Gasteiger partial charge in [0, 0.05) is 25.8 Å². The van der Waals surface area contributed by atoms with Gasteiger partial charge in [0.1, 0.15) is 0 Å². The molecule has 19 heavy (non-hydrogen) atoms. The number of hydrogen-bond acceptors (Lipinski definition) is 3. The molecule has 0 saturated carbocycles. The van der Waals surface area contributed by atoms with E-state index in [2.05, 4.69) is 33.0 Å². The molecule has 0 bridgehead atoms. The molecule has 1 saturated heterocycles. The summed E-state index contributed by atoms with van der Waals surface area (Å²) >= 11 is 0. The van der Waals surface area contributed by atoms with Crippen molar-refractivity contribution >= 4 is 0 Å². The van der Waals surface area contributed by atoms with E-state index in [1.54, 1.807) is 0 Å². The second-order valence-electron chi connectivity index (χ2n) is 6.18. The lowest BCUT2D eigenvalue weighted by atomic mass is 9.86. The number of rotatable bonds is 9. The quantitative estimate of drug-likeness (QED) is 0.652. The summed E-state index contributed by atoms with van der Waals surface area (Å²) in [5.41, 5.74) is 0.119. The van der Waals surface area contributed by atoms with Crippen molar-refractivity contribution in [1.29, 1.82) is 0 Å². The van der Waals surface area contributed by atoms with E-state index in [9.17, 15) is 0 Å². The fraction of sp³-hybridized carbons (Fsp3) is 1.00. The predicted molar refractivity (Wildman–Crippen MR) is 80.6 cm³/mol. The maximum atomic E-state index is 5.99. The van der Waals surface area contributed by atoms with E-state index in [0.29, 0.717) is 6.04 Å². The van der Waals surface area contributed by atoms with Gasteiger partial charge < -0.3 is 14.8 Å². The molecule has 3 nitrogen and oxygen atoms in total. The van der Waals surface area contributed by atoms with Crippen LogP contribution in [-0.4, -0.2) is 38.0 Å². The third kappa shape index (κ3) is 6.24. The van der Waals surface area contributed by atoms with Gasteiger partial charge in [0.25, 0.3) is 0 Å². The Morgan fingerprint density at radius 1 is 1.26 bits per heavy atom. The summed E-state index contributed by atoms with van der Waals surface area (Å²) in [4.78, 5) is 0. The molecular weight excluding hydrogens is 238 g/mol. The van der Waals surface area contributed by atoms with Crippen LogP contribution < -0.4 is 5.32 Å². The van der Waals surface area contributed by atoms with Crippen molar-refractivity contribution in [3.63, 3.8) is 0 Å². The molecule has 0 spiro atoms. The first kappa shape index (κ1) is 16.9. The maximum Gasteiger partial charge on any atom is 0.0692 e. The summed E-state index contributed by atoms with van der Waals surface area (Å²) in [7, 11) is 0. The summed E-state index contributed by atoms with van der Waals surface area (Å²) in [6.45, 7) is 12.5. The monoisotopic (exact) mass is 271 g/mol. The zero-order valence-corrected chi connectivity index (χ0v) is 13.3. The van der Waals surface area contributed by atoms with Crippen molar-refractivity contribution < 1.29 is 9.47 Å². The highest BCUT2D eigenvalue weighted by atomic mass is 16.5. The molecule has 0 radical (unpaired) electrons. The van der Waals surface area contributed by atoms with Gasteiger partial charge in [-0.1, -0.05) is 27.7 Å². The van der Waals surface area contributed by atoms with Gasteiger partial charge in [-0.15, -0.1) is 0 Å². The number of hydrogen-bond donors (Lipinski definition) is 1. The van der Waals surface area contributed by atoms with Crippen LogP contribution in [0.2, 0.25) is 0 Å². The molecule has 1 aliphatic heterocycles. The molecule has 1 rings (SSSR count). The van der Waals surface area contributed by atoms with E-state index < -0.39 is 0 Å². The number of ether oxygens (including phenoxy) is 2. The minimum Gasteiger partial charge on any atom is -0.380 e. The second kappa shape index (κ2) is 8.93. The van der Waals surface area contributed by atoms with Crippen LogP contribution in [0.1, 0.15) is 59.8 Å². The van der Waals surface area contributed by atoms with Crippen molar-refractivity contribution in [2.45, 2.75) is 71.4 Å². The van der Waals surface area contributed by atoms with Crippen molar-refractivity contribution in [1.82, 2.24) is 5.32 Å². The van der Waals surface area contributed by atoms with Gasteiger partial charge >= 0.3 is 0 Å². The highest BCUT2D eigenvalue weighted by molar-refractivity contribution is 4.87. The minimum absolute atomic E-state index is 0.119. The standard InChI is InChI=1S/C16H33NO2/c1-5-16(6-2)13-15(8-11-19-16)17-9-12-18-10-7-14(3)4/h14-15,17H,5-13H2,1-4H3. The Bertz CT molecular complexity index is 227. The van der Waals surface area contributed by atoms with Crippen LogP contribution in [0.5, 0.6) is 0 Å². The molecule has 1 aliphatic rings. The van der Waals surface area contributed by atoms with E-state index in [1.807, 2.05) is 0 Å². The fourth-order valence-electron chi connectivity index (χ4n) is 2.70. The van der Waals surface area contributed by atoms with E-state index in [-0.39, 0.29) is 5.60 Å². The smallest absolute Gasteiger partial charge is 0.0692 e. The highest BCUT2D eigenvalue weighted by Crippen LogP contribution is 2.31. The zero-order chi connectivity index (χ0) is 14.1. The summed E-state index contributed by atoms with van der Waals surface area (Å²) in [5.74, 6) is 0.734. The third-order valence-corrected chi connectivity index (χ3v) is 4.30. The Balaban J connectivity index is 2.12. The Hall–Kier alpha value is -0.120. The highest BCUT2D eigenvalue weighted by Gasteiger charge is 2.33. The van der Waals surface area contributed by atoms with E-state index >= 15 is 0 Å². The van der Waals surface area contributed by atoms with Crippen molar-refractivity contribution in [2.75, 3.05) is 26.4 Å². The molecule has 0 aromatic carbocycles. The number of nitrogens with one attached hydrogen (secondary N) is 1. The average molecular weight is 271 g/mol. The van der Waals surface area contributed by atoms with Crippen LogP contribution in [0.4, 0.5) is 0 Å². The molecule has 1 unspecified atom stereocenters. The summed E-state index contributed by atoms with van der Waals surface area (Å²) < 4.78 is 11.6. The fourth-order valence-corrected chi connectivity index (χ4v) is 2.70. The predicted octanol–water partition coefficient (Wildman–Crippen LogP) is 3.38. The van der Waals surface area contributed by atoms with Gasteiger partial charge in [0.05, 0.1) is 12.2 Å². The molecule has 0 amide bonds. The molecule has 1 atom stereocenters. The molecule has 3 heteroatoms. The summed E-state index contributed by atoms with van der Waals surface area (Å²) in [5, 5.41) is 3.63. The van der Waals surface area contributed by atoms with Crippen LogP contribution in [0, 0.1) is 5.92 Å². The zero-order valence-electron chi connectivity index (χ0n) is 13.3. The lowest BCUT2D eigenvalue weighted by Gasteiger charge is -2.40. The van der Waals surface area contributed by atoms with Gasteiger partial charge in [-0.25, -0.2) is 0 Å². The Morgan fingerprint density at radius 3 is 2.63 bits per heavy atom. The first-order chi connectivity index (χ1) is 9.12. The van der Waals surface area contributed by atoms with Crippen LogP contribution in [-0.2, 0) is 9.47 Å². The van der Waals surface area contributed by atoms with Crippen LogP contribution >= 0.6 is 0 Å². The van der Waals surface area contributed by atoms with Crippen LogP contribution in [0.3, 0.4) is 0 Å². The Morgan fingerprint density at radius 2 is 2.00 bits per heavy atom. The maximum absolute atomic E-state index is 5.99. The molecule has 1 N–H and O–H groups in total. The largest absolute Gasteiger partial charge is 0.380 e. The first-order valence-electron chi connectivity index (χ1n) is 8.07. The van der Waals surface area contributed by atoms with Gasteiger partial charge in [-0.3, -0.25) is 0 Å². The van der Waals surface area contributed by atoms with Crippen LogP contribution in [0.25, 0.3) is 0 Å². The van der Waals surface area contributed by atoms with E-state index in [0.717, 1.165) is 64.4 Å². The Kier molecular flexibility index (Phi) is 7.96. The molecule has 0 aliphatic carbocycles. The molecule has 114 valence electrons. The lowest BCUT2D eigenvalue weighted by Crippen LogP contribution is -2.47. The van der Waals surface area contributed by atoms with Crippen molar-refractivity contribution in [2.24, 2.45) is 5.92 Å². The second-order valence-corrected chi connectivity index (χ2v) is 6.18. The van der Waals surface area contributed by atoms with Gasteiger partial charge in [-0.05, 0) is 38.0 Å². The molecule has 0 aromatic rings.